The van der Waals surface area contributed by atoms with Crippen LogP contribution in [0.2, 0.25) is 0 Å². The SMILES string of the molecule is CC(C)(C)OC(=O)N(OCc1cc(C(=O)O)c2cc(OCc3ccccc3)c(OCc3ccccc3)cc2n1)C(=O)OC(C)(C)C. The second-order valence-electron chi connectivity index (χ2n) is 12.4. The highest BCUT2D eigenvalue weighted by atomic mass is 16.8. The van der Waals surface area contributed by atoms with Crippen molar-refractivity contribution in [1.82, 2.24) is 10.0 Å². The molecule has 0 radical (unpaired) electrons. The zero-order valence-corrected chi connectivity index (χ0v) is 26.7. The lowest BCUT2D eigenvalue weighted by Gasteiger charge is -2.27. The summed E-state index contributed by atoms with van der Waals surface area (Å²) in [6, 6.07) is 23.5. The third-order valence-electron chi connectivity index (χ3n) is 6.09. The first-order chi connectivity index (χ1) is 21.7. The quantitative estimate of drug-likeness (QED) is 0.174. The Morgan fingerprint density at radius 2 is 1.17 bits per heavy atom. The van der Waals surface area contributed by atoms with Gasteiger partial charge < -0.3 is 24.1 Å². The van der Waals surface area contributed by atoms with Crippen LogP contribution in [0.4, 0.5) is 9.59 Å². The van der Waals surface area contributed by atoms with Crippen LogP contribution in [0.5, 0.6) is 11.5 Å². The molecule has 11 nitrogen and oxygen atoms in total. The molecule has 0 fully saturated rings. The number of carbonyl (C=O) groups excluding carboxylic acids is 2. The first kappa shape index (κ1) is 33.7. The number of ether oxygens (including phenoxy) is 4. The Kier molecular flexibility index (Phi) is 10.5. The van der Waals surface area contributed by atoms with Crippen molar-refractivity contribution in [3.8, 4) is 11.5 Å². The number of nitrogens with zero attached hydrogens (tertiary/aromatic N) is 2. The predicted octanol–water partition coefficient (Wildman–Crippen LogP) is 7.69. The summed E-state index contributed by atoms with van der Waals surface area (Å²) >= 11 is 0. The minimum atomic E-state index is -1.23. The molecule has 0 aliphatic carbocycles. The van der Waals surface area contributed by atoms with Gasteiger partial charge in [0.15, 0.2) is 11.5 Å². The van der Waals surface area contributed by atoms with Gasteiger partial charge in [-0.3, -0.25) is 9.82 Å². The summed E-state index contributed by atoms with van der Waals surface area (Å²) in [6.45, 7) is 9.81. The lowest BCUT2D eigenvalue weighted by atomic mass is 10.1. The number of amides is 2. The maximum Gasteiger partial charge on any atom is 0.444 e. The molecule has 11 heteroatoms. The number of hydrogen-bond acceptors (Lipinski definition) is 9. The number of pyridine rings is 1. The fourth-order valence-electron chi connectivity index (χ4n) is 4.15. The Labute approximate surface area is 267 Å². The normalized spacial score (nSPS) is 11.5. The molecule has 4 rings (SSSR count). The number of rotatable bonds is 10. The van der Waals surface area contributed by atoms with Crippen LogP contribution >= 0.6 is 0 Å². The average molecular weight is 631 g/mol. The van der Waals surface area contributed by atoms with Gasteiger partial charge in [0.05, 0.1) is 16.8 Å². The molecule has 0 saturated carbocycles. The topological polar surface area (TPSA) is 134 Å². The van der Waals surface area contributed by atoms with E-state index >= 15 is 0 Å². The van der Waals surface area contributed by atoms with Crippen LogP contribution in [0, 0.1) is 0 Å². The Morgan fingerprint density at radius 3 is 1.63 bits per heavy atom. The Bertz CT molecular complexity index is 1650. The highest BCUT2D eigenvalue weighted by Crippen LogP contribution is 2.35. The van der Waals surface area contributed by atoms with Crippen LogP contribution in [0.3, 0.4) is 0 Å². The molecule has 4 aromatic rings. The van der Waals surface area contributed by atoms with E-state index in [1.165, 1.54) is 6.07 Å². The zero-order valence-electron chi connectivity index (χ0n) is 26.7. The number of carboxylic acids is 1. The number of aromatic nitrogens is 1. The maximum atomic E-state index is 12.9. The smallest absolute Gasteiger partial charge is 0.444 e. The maximum absolute atomic E-state index is 12.9. The van der Waals surface area contributed by atoms with Crippen molar-refractivity contribution in [2.45, 2.75) is 72.6 Å². The molecule has 0 aliphatic rings. The Balaban J connectivity index is 1.69. The van der Waals surface area contributed by atoms with Crippen LogP contribution in [0.25, 0.3) is 10.9 Å². The molecule has 242 valence electrons. The van der Waals surface area contributed by atoms with Crippen molar-refractivity contribution in [3.63, 3.8) is 0 Å². The molecule has 3 aromatic carbocycles. The number of carboxylic acid groups (broad SMARTS) is 1. The van der Waals surface area contributed by atoms with E-state index in [1.807, 2.05) is 60.7 Å². The van der Waals surface area contributed by atoms with Crippen molar-refractivity contribution >= 4 is 29.1 Å². The van der Waals surface area contributed by atoms with Gasteiger partial charge in [0, 0.05) is 11.5 Å². The predicted molar refractivity (Wildman–Crippen MR) is 169 cm³/mol. The average Bonchev–Trinajstić information content (AvgIpc) is 2.97. The van der Waals surface area contributed by atoms with Crippen LogP contribution in [0.1, 0.15) is 68.7 Å². The van der Waals surface area contributed by atoms with Crippen molar-refractivity contribution < 1.29 is 43.3 Å². The number of benzene rings is 3. The van der Waals surface area contributed by atoms with Gasteiger partial charge >= 0.3 is 18.2 Å². The van der Waals surface area contributed by atoms with Gasteiger partial charge in [0.1, 0.15) is 31.0 Å². The minimum Gasteiger partial charge on any atom is -0.485 e. The second kappa shape index (κ2) is 14.3. The largest absolute Gasteiger partial charge is 0.485 e. The Hall–Kier alpha value is -5.16. The highest BCUT2D eigenvalue weighted by Gasteiger charge is 2.33. The van der Waals surface area contributed by atoms with Gasteiger partial charge in [-0.05, 0) is 64.8 Å². The summed E-state index contributed by atoms with van der Waals surface area (Å²) in [5, 5.41) is 10.8. The van der Waals surface area contributed by atoms with Gasteiger partial charge in [-0.25, -0.2) is 14.4 Å². The number of aromatic carboxylic acids is 1. The molecule has 0 saturated heterocycles. The van der Waals surface area contributed by atoms with Gasteiger partial charge in [0.25, 0.3) is 0 Å². The van der Waals surface area contributed by atoms with Crippen LogP contribution in [0.15, 0.2) is 78.9 Å². The molecule has 1 aromatic heterocycles. The van der Waals surface area contributed by atoms with E-state index in [-0.39, 0.29) is 30.0 Å². The zero-order chi connectivity index (χ0) is 33.5. The van der Waals surface area contributed by atoms with Crippen molar-refractivity contribution in [1.29, 1.82) is 0 Å². The molecule has 0 atom stereocenters. The first-order valence-electron chi connectivity index (χ1n) is 14.6. The number of imide groups is 1. The van der Waals surface area contributed by atoms with E-state index in [4.69, 9.17) is 23.8 Å². The molecular formula is C35H38N2O9. The number of fused-ring (bicyclic) bond motifs is 1. The summed E-state index contributed by atoms with van der Waals surface area (Å²) in [6.07, 6.45) is -2.20. The number of hydroxylamine groups is 2. The minimum absolute atomic E-state index is 0.0937. The fourth-order valence-corrected chi connectivity index (χ4v) is 4.15. The molecule has 0 bridgehead atoms. The van der Waals surface area contributed by atoms with Crippen molar-refractivity contribution in [2.24, 2.45) is 0 Å². The van der Waals surface area contributed by atoms with Crippen LogP contribution in [-0.2, 0) is 34.1 Å². The van der Waals surface area contributed by atoms with Crippen molar-refractivity contribution in [2.75, 3.05) is 0 Å². The van der Waals surface area contributed by atoms with E-state index in [0.29, 0.717) is 21.9 Å². The molecule has 0 unspecified atom stereocenters. The standard InChI is InChI=1S/C35H38N2O9/c1-34(2,3)45-32(40)37(33(41)46-35(4,5)6)44-22-25-17-27(31(38)39)26-18-29(42-20-23-13-9-7-10-14-23)30(19-28(26)36-25)43-21-24-15-11-8-12-16-24/h7-19H,20-22H2,1-6H3,(H,38,39). The molecule has 2 amide bonds. The van der Waals surface area contributed by atoms with Gasteiger partial charge in [0.2, 0.25) is 0 Å². The van der Waals surface area contributed by atoms with Crippen LogP contribution in [-0.4, -0.2) is 44.5 Å². The first-order valence-corrected chi connectivity index (χ1v) is 14.6. The van der Waals surface area contributed by atoms with E-state index in [0.717, 1.165) is 11.1 Å². The summed E-state index contributed by atoms with van der Waals surface area (Å²) in [5.41, 5.74) is 0.263. The molecule has 46 heavy (non-hydrogen) atoms. The monoisotopic (exact) mass is 630 g/mol. The summed E-state index contributed by atoms with van der Waals surface area (Å²) in [7, 11) is 0. The third-order valence-corrected chi connectivity index (χ3v) is 6.09. The number of hydrogen-bond donors (Lipinski definition) is 1. The Morgan fingerprint density at radius 1 is 0.696 bits per heavy atom. The summed E-state index contributed by atoms with van der Waals surface area (Å²) in [5.74, 6) is -0.545. The lowest BCUT2D eigenvalue weighted by Crippen LogP contribution is -2.43. The second-order valence-corrected chi connectivity index (χ2v) is 12.4. The van der Waals surface area contributed by atoms with E-state index in [1.54, 1.807) is 53.7 Å². The fraction of sp³-hybridized carbons (Fsp3) is 0.314. The summed E-state index contributed by atoms with van der Waals surface area (Å²) < 4.78 is 22.9. The highest BCUT2D eigenvalue weighted by molar-refractivity contribution is 6.03. The molecule has 0 spiro atoms. The molecule has 1 heterocycles. The lowest BCUT2D eigenvalue weighted by molar-refractivity contribution is -0.146. The van der Waals surface area contributed by atoms with E-state index < -0.39 is 36.0 Å². The number of carbonyl (C=O) groups is 3. The van der Waals surface area contributed by atoms with E-state index in [2.05, 4.69) is 4.98 Å². The molecule has 0 aliphatic heterocycles. The molecular weight excluding hydrogens is 592 g/mol. The third kappa shape index (κ3) is 9.67. The molecule has 1 N–H and O–H groups in total. The van der Waals surface area contributed by atoms with Gasteiger partial charge in [-0.2, -0.15) is 0 Å². The van der Waals surface area contributed by atoms with Crippen molar-refractivity contribution in [3.05, 3.63) is 101 Å². The van der Waals surface area contributed by atoms with Crippen LogP contribution < -0.4 is 9.47 Å². The van der Waals surface area contributed by atoms with E-state index in [9.17, 15) is 19.5 Å². The van der Waals surface area contributed by atoms with Gasteiger partial charge in [-0.15, -0.1) is 0 Å². The summed E-state index contributed by atoms with van der Waals surface area (Å²) in [4.78, 5) is 48.3. The van der Waals surface area contributed by atoms with Gasteiger partial charge in [-0.1, -0.05) is 65.7 Å².